The van der Waals surface area contributed by atoms with Gasteiger partial charge in [-0.1, -0.05) is 6.07 Å². The number of rotatable bonds is 5. The van der Waals surface area contributed by atoms with E-state index < -0.39 is 0 Å². The smallest absolute Gasteiger partial charge is 0.316 e. The van der Waals surface area contributed by atoms with Gasteiger partial charge in [-0.15, -0.1) is 0 Å². The van der Waals surface area contributed by atoms with Crippen molar-refractivity contribution < 1.29 is 14.2 Å². The van der Waals surface area contributed by atoms with Gasteiger partial charge < -0.3 is 20.1 Å². The summed E-state index contributed by atoms with van der Waals surface area (Å²) in [6, 6.07) is 8.25. The van der Waals surface area contributed by atoms with Crippen LogP contribution in [-0.2, 0) is 13.0 Å². The Labute approximate surface area is 248 Å². The average molecular weight is 623 g/mol. The molecule has 0 unspecified atom stereocenters. The molecule has 6 heterocycles. The number of ether oxygens (including phenoxy) is 1. The van der Waals surface area contributed by atoms with Crippen LogP contribution in [0.15, 0.2) is 28.7 Å². The van der Waals surface area contributed by atoms with Gasteiger partial charge in [0.2, 0.25) is 0 Å². The summed E-state index contributed by atoms with van der Waals surface area (Å²) >= 11 is 3.48. The van der Waals surface area contributed by atoms with Gasteiger partial charge in [0.15, 0.2) is 0 Å². The number of benzene rings is 2. The number of nitrogens with one attached hydrogen (secondary N) is 1. The first-order valence-electron chi connectivity index (χ1n) is 15.3. The maximum Gasteiger partial charge on any atom is 0.316 e. The van der Waals surface area contributed by atoms with E-state index in [0.29, 0.717) is 41.6 Å². The monoisotopic (exact) mass is 621 g/mol. The zero-order valence-electron chi connectivity index (χ0n) is 23.3. The van der Waals surface area contributed by atoms with Crippen molar-refractivity contribution in [2.24, 2.45) is 0 Å². The van der Waals surface area contributed by atoms with Gasteiger partial charge in [0.25, 0.3) is 0 Å². The zero-order valence-corrected chi connectivity index (χ0v) is 24.9. The van der Waals surface area contributed by atoms with Crippen LogP contribution in [0.25, 0.3) is 10.8 Å². The Hall–Kier alpha value is -2.49. The van der Waals surface area contributed by atoms with E-state index >= 15 is 0 Å². The van der Waals surface area contributed by atoms with Crippen molar-refractivity contribution >= 4 is 32.4 Å². The fourth-order valence-corrected chi connectivity index (χ4v) is 9.16. The van der Waals surface area contributed by atoms with Crippen LogP contribution in [0.3, 0.4) is 0 Å². The van der Waals surface area contributed by atoms with Crippen molar-refractivity contribution in [2.45, 2.75) is 87.9 Å². The lowest BCUT2D eigenvalue weighted by Crippen LogP contribution is -2.43. The van der Waals surface area contributed by atoms with Crippen LogP contribution in [0.2, 0.25) is 0 Å². The number of halogens is 2. The molecule has 9 heteroatoms. The number of anilines is 1. The molecule has 0 radical (unpaired) electrons. The van der Waals surface area contributed by atoms with E-state index in [9.17, 15) is 9.50 Å². The molecule has 1 aromatic heterocycles. The summed E-state index contributed by atoms with van der Waals surface area (Å²) in [4.78, 5) is 15.1. The van der Waals surface area contributed by atoms with Gasteiger partial charge in [-0.3, -0.25) is 4.90 Å². The van der Waals surface area contributed by atoms with Crippen molar-refractivity contribution in [3.05, 3.63) is 51.5 Å². The van der Waals surface area contributed by atoms with Gasteiger partial charge in [0.05, 0.1) is 27.9 Å². The van der Waals surface area contributed by atoms with E-state index in [1.54, 1.807) is 18.2 Å². The van der Waals surface area contributed by atoms with Gasteiger partial charge in [-0.2, -0.15) is 9.97 Å². The molecule has 4 fully saturated rings. The third kappa shape index (κ3) is 4.50. The van der Waals surface area contributed by atoms with E-state index in [-0.39, 0.29) is 17.1 Å². The fourth-order valence-electron chi connectivity index (χ4n) is 8.59. The summed E-state index contributed by atoms with van der Waals surface area (Å²) in [7, 11) is 0. The van der Waals surface area contributed by atoms with Crippen molar-refractivity contribution in [3.63, 3.8) is 0 Å². The molecule has 3 atom stereocenters. The number of hydrogen-bond acceptors (Lipinski definition) is 7. The zero-order chi connectivity index (χ0) is 27.7. The number of piperidine rings is 1. The molecular weight excluding hydrogens is 585 g/mol. The van der Waals surface area contributed by atoms with Crippen LogP contribution < -0.4 is 15.0 Å². The molecule has 5 aliphatic heterocycles. The number of aromatic hydroxyl groups is 1. The summed E-state index contributed by atoms with van der Waals surface area (Å²) in [5, 5.41) is 15.9. The highest BCUT2D eigenvalue weighted by Gasteiger charge is 2.45. The molecule has 0 amide bonds. The molecule has 0 saturated carbocycles. The first kappa shape index (κ1) is 26.2. The Morgan fingerprint density at radius 1 is 1.07 bits per heavy atom. The second-order valence-electron chi connectivity index (χ2n) is 12.9. The number of nitrogens with zero attached hydrogens (tertiary/aromatic N) is 4. The summed E-state index contributed by atoms with van der Waals surface area (Å²) < 4.78 is 21.6. The van der Waals surface area contributed by atoms with Crippen molar-refractivity contribution in [3.8, 4) is 11.8 Å². The SMILES string of the molecule is Oc1cc(N2CCc3c(nc(OCC45CCCN4CCC5)nc3[C@@H]3C[C@H]4CC[C@@H](C3)N4)C2)c2c(Br)c(F)ccc2c1. The molecule has 2 aromatic carbocycles. The molecule has 2 N–H and O–H groups in total. The summed E-state index contributed by atoms with van der Waals surface area (Å²) in [5.74, 6) is 0.276. The highest BCUT2D eigenvalue weighted by Crippen LogP contribution is 2.43. The minimum absolute atomic E-state index is 0.135. The first-order valence-corrected chi connectivity index (χ1v) is 16.1. The number of hydrogen-bond donors (Lipinski definition) is 2. The van der Waals surface area contributed by atoms with E-state index in [2.05, 4.69) is 31.0 Å². The number of phenolic OH excluding ortho intramolecular Hbond substituents is 1. The number of aromatic nitrogens is 2. The molecule has 0 spiro atoms. The quantitative estimate of drug-likeness (QED) is 0.373. The maximum atomic E-state index is 14.6. The topological polar surface area (TPSA) is 73.8 Å². The minimum Gasteiger partial charge on any atom is -0.508 e. The molecule has 8 rings (SSSR count). The molecule has 4 saturated heterocycles. The Balaban J connectivity index is 1.16. The Morgan fingerprint density at radius 2 is 1.85 bits per heavy atom. The van der Waals surface area contributed by atoms with Crippen LogP contribution in [0, 0.1) is 5.82 Å². The average Bonchev–Trinajstić information content (AvgIpc) is 3.66. The van der Waals surface area contributed by atoms with Gasteiger partial charge in [0, 0.05) is 41.7 Å². The summed E-state index contributed by atoms with van der Waals surface area (Å²) in [6.45, 7) is 4.30. The van der Waals surface area contributed by atoms with Crippen molar-refractivity contribution in [1.29, 1.82) is 0 Å². The number of fused-ring (bicyclic) bond motifs is 5. The highest BCUT2D eigenvalue weighted by atomic mass is 79.9. The lowest BCUT2D eigenvalue weighted by atomic mass is 9.85. The molecule has 0 aliphatic carbocycles. The molecule has 41 heavy (non-hydrogen) atoms. The Bertz CT molecular complexity index is 1500. The molecule has 5 aliphatic rings. The van der Waals surface area contributed by atoms with E-state index in [0.717, 1.165) is 48.0 Å². The van der Waals surface area contributed by atoms with Crippen LogP contribution in [0.4, 0.5) is 10.1 Å². The molecule has 2 bridgehead atoms. The molecule has 7 nitrogen and oxygen atoms in total. The predicted octanol–water partition coefficient (Wildman–Crippen LogP) is 5.80. The summed E-state index contributed by atoms with van der Waals surface area (Å²) in [6.07, 6.45) is 10.4. The van der Waals surface area contributed by atoms with Crippen LogP contribution in [-0.4, -0.2) is 63.8 Å². The van der Waals surface area contributed by atoms with Gasteiger partial charge >= 0.3 is 6.01 Å². The largest absolute Gasteiger partial charge is 0.508 e. The highest BCUT2D eigenvalue weighted by molar-refractivity contribution is 9.10. The van der Waals surface area contributed by atoms with Crippen LogP contribution >= 0.6 is 15.9 Å². The minimum atomic E-state index is -0.310. The second kappa shape index (κ2) is 10.1. The first-order chi connectivity index (χ1) is 20.0. The molecule has 216 valence electrons. The van der Waals surface area contributed by atoms with Gasteiger partial charge in [-0.05, 0) is 110 Å². The van der Waals surface area contributed by atoms with E-state index in [4.69, 9.17) is 14.7 Å². The third-order valence-corrected chi connectivity index (χ3v) is 11.3. The van der Waals surface area contributed by atoms with E-state index in [1.807, 2.05) is 0 Å². The maximum absolute atomic E-state index is 14.6. The van der Waals surface area contributed by atoms with Crippen LogP contribution in [0.1, 0.15) is 74.2 Å². The van der Waals surface area contributed by atoms with Crippen LogP contribution in [0.5, 0.6) is 11.8 Å². The van der Waals surface area contributed by atoms with Gasteiger partial charge in [-0.25, -0.2) is 4.39 Å². The fraction of sp³-hybridized carbons (Fsp3) is 0.562. The van der Waals surface area contributed by atoms with Gasteiger partial charge in [0.1, 0.15) is 18.2 Å². The summed E-state index contributed by atoms with van der Waals surface area (Å²) in [5.41, 5.74) is 4.39. The lowest BCUT2D eigenvalue weighted by molar-refractivity contribution is 0.107. The Kier molecular flexibility index (Phi) is 6.42. The molecular formula is C32H37BrFN5O2. The predicted molar refractivity (Wildman–Crippen MR) is 160 cm³/mol. The molecule has 3 aromatic rings. The van der Waals surface area contributed by atoms with Crippen molar-refractivity contribution in [1.82, 2.24) is 20.2 Å². The standard InChI is InChI=1S/C32H37BrFN5O2/c33-29-25(34)6-3-19-15-23(40)16-27(28(19)29)38-12-7-24-26(17-38)36-31(41-18-32-8-1-10-39(32)11-2-9-32)37-30(24)20-13-21-4-5-22(14-20)35-21/h3,6,15-16,20-22,35,40H,1-2,4-5,7-14,17-18H2/t20-,21-,22+. The number of phenols is 1. The third-order valence-electron chi connectivity index (χ3n) is 10.5. The second-order valence-corrected chi connectivity index (χ2v) is 13.7. The van der Waals surface area contributed by atoms with Crippen molar-refractivity contribution in [2.75, 3.05) is 31.1 Å². The van der Waals surface area contributed by atoms with E-state index in [1.165, 1.54) is 68.9 Å². The normalized spacial score (nSPS) is 26.9. The Morgan fingerprint density at radius 3 is 2.63 bits per heavy atom. The lowest BCUT2D eigenvalue weighted by Gasteiger charge is -2.35.